The van der Waals surface area contributed by atoms with Crippen LogP contribution < -0.4 is 0 Å². The molecule has 1 amide bonds. The number of nitrogens with zero attached hydrogens (tertiary/aromatic N) is 3. The van der Waals surface area contributed by atoms with Crippen LogP contribution in [-0.4, -0.2) is 52.0 Å². The molecule has 148 valence electrons. The summed E-state index contributed by atoms with van der Waals surface area (Å²) >= 11 is 0. The fourth-order valence-electron chi connectivity index (χ4n) is 3.40. The van der Waals surface area contributed by atoms with Gasteiger partial charge in [0, 0.05) is 13.1 Å². The summed E-state index contributed by atoms with van der Waals surface area (Å²) in [6, 6.07) is 9.38. The van der Waals surface area contributed by atoms with Crippen molar-refractivity contribution < 1.29 is 19.1 Å². The number of rotatable bonds is 4. The number of hydrogen-bond donors (Lipinski definition) is 0. The molecule has 0 saturated carbocycles. The predicted octanol–water partition coefficient (Wildman–Crippen LogP) is 2.70. The summed E-state index contributed by atoms with van der Waals surface area (Å²) in [4.78, 5) is 36.2. The second-order valence-corrected chi connectivity index (χ2v) is 7.11. The maximum Gasteiger partial charge on any atom is 0.342 e. The van der Waals surface area contributed by atoms with Gasteiger partial charge in [-0.1, -0.05) is 30.3 Å². The first-order valence-corrected chi connectivity index (χ1v) is 9.36. The molecule has 2 atom stereocenters. The number of ether oxygens (including phenoxy) is 2. The van der Waals surface area contributed by atoms with E-state index in [2.05, 4.69) is 9.97 Å². The summed E-state index contributed by atoms with van der Waals surface area (Å²) in [5, 5.41) is 0. The molecule has 0 N–H and O–H groups in total. The minimum atomic E-state index is -0.598. The summed E-state index contributed by atoms with van der Waals surface area (Å²) < 4.78 is 11.1. The molecular weight excluding hydrogens is 358 g/mol. The van der Waals surface area contributed by atoms with Crippen molar-refractivity contribution in [1.29, 1.82) is 0 Å². The molecule has 3 rings (SSSR count). The van der Waals surface area contributed by atoms with Gasteiger partial charge in [-0.3, -0.25) is 4.79 Å². The minimum absolute atomic E-state index is 0.0785. The van der Waals surface area contributed by atoms with E-state index < -0.39 is 5.97 Å². The Kier molecular flexibility index (Phi) is 6.04. The first kappa shape index (κ1) is 19.9. The Bertz CT molecular complexity index is 859. The number of esters is 1. The minimum Gasteiger partial charge on any atom is -0.457 e. The summed E-state index contributed by atoms with van der Waals surface area (Å²) in [5.41, 5.74) is 1.51. The highest BCUT2D eigenvalue weighted by atomic mass is 16.5. The molecule has 2 heterocycles. The summed E-state index contributed by atoms with van der Waals surface area (Å²) in [7, 11) is 0. The average Bonchev–Trinajstić information content (AvgIpc) is 2.65. The second kappa shape index (κ2) is 8.48. The summed E-state index contributed by atoms with van der Waals surface area (Å²) in [6.07, 6.45) is -0.157. The molecule has 0 radical (unpaired) electrons. The van der Waals surface area contributed by atoms with Crippen molar-refractivity contribution in [3.05, 3.63) is 58.7 Å². The lowest BCUT2D eigenvalue weighted by Crippen LogP contribution is -2.48. The smallest absolute Gasteiger partial charge is 0.342 e. The molecule has 1 fully saturated rings. The van der Waals surface area contributed by atoms with Crippen LogP contribution in [0.5, 0.6) is 0 Å². The first-order valence-electron chi connectivity index (χ1n) is 9.36. The van der Waals surface area contributed by atoms with E-state index in [4.69, 9.17) is 9.47 Å². The number of amides is 1. The van der Waals surface area contributed by atoms with Crippen molar-refractivity contribution in [3.63, 3.8) is 0 Å². The number of aryl methyl sites for hydroxylation is 2. The van der Waals surface area contributed by atoms with Gasteiger partial charge in [0.05, 0.1) is 17.9 Å². The van der Waals surface area contributed by atoms with E-state index in [1.165, 1.54) is 0 Å². The van der Waals surface area contributed by atoms with Gasteiger partial charge in [-0.15, -0.1) is 0 Å². The molecule has 1 aromatic heterocycles. The van der Waals surface area contributed by atoms with Crippen LogP contribution in [-0.2, 0) is 16.1 Å². The van der Waals surface area contributed by atoms with Crippen molar-refractivity contribution in [2.45, 2.75) is 46.5 Å². The fourth-order valence-corrected chi connectivity index (χ4v) is 3.40. The van der Waals surface area contributed by atoms with E-state index in [0.29, 0.717) is 24.6 Å². The first-order chi connectivity index (χ1) is 13.3. The quantitative estimate of drug-likeness (QED) is 0.755. The van der Waals surface area contributed by atoms with E-state index >= 15 is 0 Å². The second-order valence-electron chi connectivity index (χ2n) is 7.11. The number of carbonyl (C=O) groups is 2. The SMILES string of the molecule is Cc1nc(C)c(C(=O)OCc2ccccc2)c(C(=O)N2CC(C)OC(C)C2)n1. The van der Waals surface area contributed by atoms with E-state index in [-0.39, 0.29) is 36.0 Å². The van der Waals surface area contributed by atoms with Crippen LogP contribution in [0, 0.1) is 13.8 Å². The maximum atomic E-state index is 13.2. The van der Waals surface area contributed by atoms with Crippen LogP contribution in [0.25, 0.3) is 0 Å². The van der Waals surface area contributed by atoms with Gasteiger partial charge in [0.15, 0.2) is 0 Å². The predicted molar refractivity (Wildman–Crippen MR) is 103 cm³/mol. The molecule has 2 aromatic rings. The van der Waals surface area contributed by atoms with Gasteiger partial charge >= 0.3 is 5.97 Å². The number of benzene rings is 1. The Hall–Kier alpha value is -2.80. The van der Waals surface area contributed by atoms with Crippen molar-refractivity contribution in [2.75, 3.05) is 13.1 Å². The third kappa shape index (κ3) is 4.54. The fraction of sp³-hybridized carbons (Fsp3) is 0.429. The normalized spacial score (nSPS) is 19.4. The number of aromatic nitrogens is 2. The maximum absolute atomic E-state index is 13.2. The zero-order valence-electron chi connectivity index (χ0n) is 16.6. The Labute approximate surface area is 164 Å². The van der Waals surface area contributed by atoms with Crippen LogP contribution in [0.1, 0.15) is 51.8 Å². The van der Waals surface area contributed by atoms with Crippen LogP contribution in [0.4, 0.5) is 0 Å². The molecule has 1 aromatic carbocycles. The summed E-state index contributed by atoms with van der Waals surface area (Å²) in [6.45, 7) is 8.24. The van der Waals surface area contributed by atoms with Crippen molar-refractivity contribution >= 4 is 11.9 Å². The number of hydrogen-bond acceptors (Lipinski definition) is 6. The third-order valence-corrected chi connectivity index (χ3v) is 4.53. The molecule has 0 spiro atoms. The van der Waals surface area contributed by atoms with Crippen LogP contribution in [0.3, 0.4) is 0 Å². The molecule has 0 aliphatic carbocycles. The highest BCUT2D eigenvalue weighted by Crippen LogP contribution is 2.19. The zero-order valence-corrected chi connectivity index (χ0v) is 16.6. The monoisotopic (exact) mass is 383 g/mol. The molecule has 7 nitrogen and oxygen atoms in total. The van der Waals surface area contributed by atoms with Gasteiger partial charge in [-0.2, -0.15) is 0 Å². The lowest BCUT2D eigenvalue weighted by Gasteiger charge is -2.35. The van der Waals surface area contributed by atoms with E-state index in [1.807, 2.05) is 44.2 Å². The highest BCUT2D eigenvalue weighted by Gasteiger charge is 2.31. The van der Waals surface area contributed by atoms with E-state index in [9.17, 15) is 9.59 Å². The Morgan fingerprint density at radius 3 is 2.39 bits per heavy atom. The lowest BCUT2D eigenvalue weighted by atomic mass is 10.1. The molecule has 0 bridgehead atoms. The number of morpholine rings is 1. The summed E-state index contributed by atoms with van der Waals surface area (Å²) in [5.74, 6) is -0.462. The molecular formula is C21H25N3O4. The van der Waals surface area contributed by atoms with Gasteiger partial charge in [-0.25, -0.2) is 14.8 Å². The Balaban J connectivity index is 1.86. The van der Waals surface area contributed by atoms with Gasteiger partial charge in [0.25, 0.3) is 5.91 Å². The Morgan fingerprint density at radius 1 is 1.11 bits per heavy atom. The lowest BCUT2D eigenvalue weighted by molar-refractivity contribution is -0.0587. The van der Waals surface area contributed by atoms with Gasteiger partial charge in [0.1, 0.15) is 23.7 Å². The Morgan fingerprint density at radius 2 is 1.75 bits per heavy atom. The third-order valence-electron chi connectivity index (χ3n) is 4.53. The largest absolute Gasteiger partial charge is 0.457 e. The van der Waals surface area contributed by atoms with Crippen molar-refractivity contribution in [3.8, 4) is 0 Å². The molecule has 1 aliphatic heterocycles. The molecule has 1 aliphatic rings. The zero-order chi connectivity index (χ0) is 20.3. The standard InChI is InChI=1S/C21H25N3O4/c1-13-10-24(11-14(2)28-13)20(25)19-18(15(3)22-16(4)23-19)21(26)27-12-17-8-6-5-7-9-17/h5-9,13-14H,10-12H2,1-4H3. The van der Waals surface area contributed by atoms with Crippen LogP contribution in [0.2, 0.25) is 0 Å². The van der Waals surface area contributed by atoms with Crippen LogP contribution in [0.15, 0.2) is 30.3 Å². The van der Waals surface area contributed by atoms with Crippen molar-refractivity contribution in [1.82, 2.24) is 14.9 Å². The van der Waals surface area contributed by atoms with E-state index in [0.717, 1.165) is 5.56 Å². The van der Waals surface area contributed by atoms with Crippen LogP contribution >= 0.6 is 0 Å². The average molecular weight is 383 g/mol. The van der Waals surface area contributed by atoms with Crippen molar-refractivity contribution in [2.24, 2.45) is 0 Å². The van der Waals surface area contributed by atoms with Gasteiger partial charge in [0.2, 0.25) is 0 Å². The molecule has 28 heavy (non-hydrogen) atoms. The molecule has 1 saturated heterocycles. The molecule has 2 unspecified atom stereocenters. The highest BCUT2D eigenvalue weighted by molar-refractivity contribution is 6.04. The number of carbonyl (C=O) groups excluding carboxylic acids is 2. The van der Waals surface area contributed by atoms with E-state index in [1.54, 1.807) is 18.7 Å². The van der Waals surface area contributed by atoms with Gasteiger partial charge in [-0.05, 0) is 33.3 Å². The molecule has 7 heteroatoms. The van der Waals surface area contributed by atoms with Gasteiger partial charge < -0.3 is 14.4 Å². The topological polar surface area (TPSA) is 81.6 Å².